The highest BCUT2D eigenvalue weighted by Gasteiger charge is 2.31. The van der Waals surface area contributed by atoms with Crippen molar-refractivity contribution in [1.29, 1.82) is 0 Å². The molecule has 0 aliphatic carbocycles. The van der Waals surface area contributed by atoms with Crippen LogP contribution in [0.2, 0.25) is 0 Å². The predicted molar refractivity (Wildman–Crippen MR) is 198 cm³/mol. The summed E-state index contributed by atoms with van der Waals surface area (Å²) in [7, 11) is 0. The number of carbonyl (C=O) groups excluding carboxylic acids is 4. The Morgan fingerprint density at radius 3 is 1.50 bits per heavy atom. The fraction of sp³-hybridized carbons (Fsp3) is 0.788. The Bertz CT molecular complexity index is 1270. The lowest BCUT2D eigenvalue weighted by Gasteiger charge is -2.33. The third kappa shape index (κ3) is 23.9. The van der Waals surface area contributed by atoms with E-state index in [1.54, 1.807) is 19.6 Å². The van der Waals surface area contributed by atoms with Crippen molar-refractivity contribution >= 4 is 41.5 Å². The Morgan fingerprint density at radius 1 is 0.603 bits per heavy atom. The van der Waals surface area contributed by atoms with Crippen molar-refractivity contribution in [2.45, 2.75) is 43.3 Å². The number of nitrogens with two attached hydrogens (primary N) is 1. The van der Waals surface area contributed by atoms with Gasteiger partial charge in [-0.15, -0.1) is 0 Å². The minimum atomic E-state index is -1.93. The Kier molecular flexibility index (Phi) is 26.0. The molecular formula is C33H60N8O17. The third-order valence-electron chi connectivity index (χ3n) is 8.68. The molecule has 1 fully saturated rings. The lowest BCUT2D eigenvalue weighted by molar-refractivity contribution is -0.140. The molecule has 0 saturated carbocycles. The maximum atomic E-state index is 13.5. The highest BCUT2D eigenvalue weighted by molar-refractivity contribution is 5.89. The number of aliphatic carboxylic acids is 3. The molecule has 1 heterocycles. The Morgan fingerprint density at radius 2 is 1.05 bits per heavy atom. The topological polar surface area (TPSA) is 375 Å². The van der Waals surface area contributed by atoms with Crippen LogP contribution in [0.3, 0.4) is 0 Å². The molecule has 334 valence electrons. The van der Waals surface area contributed by atoms with Gasteiger partial charge in [0.05, 0.1) is 58.7 Å². The number of nitrogens with zero attached hydrogens (tertiary/aromatic N) is 4. The number of hydrogen-bond donors (Lipinski definition) is 12. The molecule has 0 bridgehead atoms. The van der Waals surface area contributed by atoms with E-state index in [-0.39, 0.29) is 124 Å². The first kappa shape index (κ1) is 51.9. The molecule has 0 spiro atoms. The lowest BCUT2D eigenvalue weighted by Crippen LogP contribution is -2.52. The number of ether oxygens (including phenoxy) is 2. The van der Waals surface area contributed by atoms with Crippen molar-refractivity contribution in [1.82, 2.24) is 35.6 Å². The van der Waals surface area contributed by atoms with Crippen molar-refractivity contribution in [2.75, 3.05) is 125 Å². The molecule has 1 saturated heterocycles. The van der Waals surface area contributed by atoms with Crippen LogP contribution in [0.15, 0.2) is 0 Å². The van der Waals surface area contributed by atoms with E-state index < -0.39 is 85.1 Å². The zero-order valence-electron chi connectivity index (χ0n) is 32.4. The fourth-order valence-corrected chi connectivity index (χ4v) is 5.53. The van der Waals surface area contributed by atoms with E-state index in [0.717, 1.165) is 0 Å². The van der Waals surface area contributed by atoms with Crippen molar-refractivity contribution in [3.63, 3.8) is 0 Å². The van der Waals surface area contributed by atoms with E-state index in [1.165, 1.54) is 0 Å². The first-order valence-electron chi connectivity index (χ1n) is 18.6. The molecule has 4 amide bonds. The van der Waals surface area contributed by atoms with Crippen molar-refractivity contribution in [3.05, 3.63) is 0 Å². The van der Waals surface area contributed by atoms with E-state index in [9.17, 15) is 69.3 Å². The van der Waals surface area contributed by atoms with E-state index in [1.807, 2.05) is 0 Å². The maximum absolute atomic E-state index is 13.5. The number of hydrogen-bond acceptors (Lipinski definition) is 18. The van der Waals surface area contributed by atoms with Gasteiger partial charge in [-0.1, -0.05) is 0 Å². The molecule has 25 nitrogen and oxygen atoms in total. The Balaban J connectivity index is 3.06. The number of carboxylic acid groups (broad SMARTS) is 3. The van der Waals surface area contributed by atoms with Gasteiger partial charge in [0.15, 0.2) is 0 Å². The van der Waals surface area contributed by atoms with Gasteiger partial charge in [-0.2, -0.15) is 0 Å². The van der Waals surface area contributed by atoms with Crippen molar-refractivity contribution in [3.8, 4) is 0 Å². The second-order valence-electron chi connectivity index (χ2n) is 13.5. The molecule has 0 aromatic heterocycles. The molecule has 0 unspecified atom stereocenters. The van der Waals surface area contributed by atoms with Gasteiger partial charge in [-0.3, -0.25) is 53.2 Å². The van der Waals surface area contributed by atoms with Crippen LogP contribution in [0, 0.1) is 0 Å². The van der Waals surface area contributed by atoms with Gasteiger partial charge in [0.1, 0.15) is 31.0 Å². The largest absolute Gasteiger partial charge is 0.480 e. The normalized spacial score (nSPS) is 18.0. The number of carbonyl (C=O) groups is 7. The number of nitrogens with one attached hydrogen (secondary N) is 3. The summed E-state index contributed by atoms with van der Waals surface area (Å²) in [5.74, 6) is -6.12. The van der Waals surface area contributed by atoms with Crippen molar-refractivity contribution in [2.24, 2.45) is 5.73 Å². The van der Waals surface area contributed by atoms with Crippen LogP contribution in [0.4, 0.5) is 0 Å². The molecule has 1 aliphatic rings. The predicted octanol–water partition coefficient (Wildman–Crippen LogP) is -8.09. The lowest BCUT2D eigenvalue weighted by atomic mass is 10.0. The zero-order chi connectivity index (χ0) is 43.6. The molecule has 0 radical (unpaired) electrons. The average molecular weight is 841 g/mol. The van der Waals surface area contributed by atoms with Crippen LogP contribution in [-0.2, 0) is 43.0 Å². The molecule has 25 heteroatoms. The minimum absolute atomic E-state index is 0.00536. The van der Waals surface area contributed by atoms with Crippen molar-refractivity contribution < 1.29 is 83.9 Å². The summed E-state index contributed by atoms with van der Waals surface area (Å²) in [5, 5.41) is 84.2. The quantitative estimate of drug-likeness (QED) is 0.0342. The molecule has 0 aromatic carbocycles. The Labute approximate surface area is 334 Å². The highest BCUT2D eigenvalue weighted by Crippen LogP contribution is 2.06. The molecule has 1 aliphatic heterocycles. The van der Waals surface area contributed by atoms with Gasteiger partial charge >= 0.3 is 17.9 Å². The third-order valence-corrected chi connectivity index (χ3v) is 8.68. The number of amides is 4. The summed E-state index contributed by atoms with van der Waals surface area (Å²) < 4.78 is 10.3. The van der Waals surface area contributed by atoms with Gasteiger partial charge in [0.2, 0.25) is 23.6 Å². The fourth-order valence-electron chi connectivity index (χ4n) is 5.53. The van der Waals surface area contributed by atoms with E-state index >= 15 is 0 Å². The Hall–Kier alpha value is -4.15. The average Bonchev–Trinajstić information content (AvgIpc) is 3.15. The molecular weight excluding hydrogens is 780 g/mol. The first-order chi connectivity index (χ1) is 27.4. The second-order valence-corrected chi connectivity index (χ2v) is 13.5. The second kappa shape index (κ2) is 29.1. The number of rotatable bonds is 27. The smallest absolute Gasteiger partial charge is 0.317 e. The van der Waals surface area contributed by atoms with E-state index in [0.29, 0.717) is 0 Å². The van der Waals surface area contributed by atoms with Crippen LogP contribution >= 0.6 is 0 Å². The van der Waals surface area contributed by atoms with Crippen LogP contribution in [0.5, 0.6) is 0 Å². The van der Waals surface area contributed by atoms with Gasteiger partial charge in [0, 0.05) is 71.9 Å². The standard InChI is InChI=1S/C33H60N8O17/c34-25(45)21-58-14-13-57-12-3-35-33(56)22(1-2-26(46)36-15-23(43)31(54)32(55)24(44)20-42)37-27(47)16-38-4-6-39(17-28(48)49)8-10-41(19-30(52)53)11-9-40(7-5-38)18-29(50)51/h22-24,31-32,42-44,54-55H,1-21H2,(H2,34,45)(H,35,56)(H,36,46)(H,37,47)(H,48,49)(H,50,51)(H,52,53)/t22-,23+,24-,31-,32-/m1/s1. The zero-order valence-corrected chi connectivity index (χ0v) is 32.4. The van der Waals surface area contributed by atoms with Gasteiger partial charge in [0.25, 0.3) is 0 Å². The summed E-state index contributed by atoms with van der Waals surface area (Å²) in [6.45, 7) is -1.91. The maximum Gasteiger partial charge on any atom is 0.317 e. The van der Waals surface area contributed by atoms with Crippen LogP contribution < -0.4 is 21.7 Å². The molecule has 5 atom stereocenters. The van der Waals surface area contributed by atoms with Gasteiger partial charge in [-0.05, 0) is 6.42 Å². The van der Waals surface area contributed by atoms with Gasteiger partial charge < -0.3 is 72.0 Å². The van der Waals surface area contributed by atoms with Gasteiger partial charge in [-0.25, -0.2) is 0 Å². The van der Waals surface area contributed by atoms with Crippen LogP contribution in [0.25, 0.3) is 0 Å². The molecule has 13 N–H and O–H groups in total. The number of aliphatic hydroxyl groups excluding tert-OH is 5. The van der Waals surface area contributed by atoms with Crippen LogP contribution in [0.1, 0.15) is 12.8 Å². The summed E-state index contributed by atoms with van der Waals surface area (Å²) >= 11 is 0. The summed E-state index contributed by atoms with van der Waals surface area (Å²) in [4.78, 5) is 91.2. The molecule has 0 aromatic rings. The number of carboxylic acids is 3. The summed E-state index contributed by atoms with van der Waals surface area (Å²) in [5.41, 5.74) is 4.99. The number of primary amides is 1. The number of aliphatic hydroxyl groups is 5. The van der Waals surface area contributed by atoms with Crippen LogP contribution in [-0.4, -0.2) is 257 Å². The first-order valence-corrected chi connectivity index (χ1v) is 18.6. The SMILES string of the molecule is NC(=O)COCCOCCNC(=O)[C@@H](CCC(=O)NC[C@H](O)[C@@H](O)[C@H](O)[C@H](O)CO)NC(=O)CN1CCN(CC(=O)O)CCN(CC(=O)O)CCN(CC(=O)O)CC1. The minimum Gasteiger partial charge on any atom is -0.480 e. The highest BCUT2D eigenvalue weighted by atomic mass is 16.5. The molecule has 58 heavy (non-hydrogen) atoms. The summed E-state index contributed by atoms with van der Waals surface area (Å²) in [6.07, 6.45) is -7.99. The van der Waals surface area contributed by atoms with E-state index in [2.05, 4.69) is 16.0 Å². The molecule has 1 rings (SSSR count). The van der Waals surface area contributed by atoms with E-state index in [4.69, 9.17) is 20.3 Å². The monoisotopic (exact) mass is 840 g/mol. The summed E-state index contributed by atoms with van der Waals surface area (Å²) in [6, 6.07) is -1.30.